The molecule has 1 aliphatic heterocycles. The molecule has 208 valence electrons. The molecule has 3 aromatic heterocycles. The van der Waals surface area contributed by atoms with Crippen molar-refractivity contribution in [3.8, 4) is 17.6 Å². The van der Waals surface area contributed by atoms with E-state index in [1.165, 1.54) is 0 Å². The fourth-order valence-electron chi connectivity index (χ4n) is 4.16. The van der Waals surface area contributed by atoms with Crippen LogP contribution in [-0.2, 0) is 10.2 Å². The van der Waals surface area contributed by atoms with Gasteiger partial charge < -0.3 is 23.7 Å². The molecule has 40 heavy (non-hydrogen) atoms. The summed E-state index contributed by atoms with van der Waals surface area (Å²) in [5.41, 5.74) is 2.71. The van der Waals surface area contributed by atoms with Crippen LogP contribution >= 0.6 is 0 Å². The van der Waals surface area contributed by atoms with Crippen molar-refractivity contribution in [2.75, 3.05) is 50.1 Å². The molecular weight excluding hydrogens is 508 g/mol. The normalized spacial score (nSPS) is 14.0. The Labute approximate surface area is 233 Å². The van der Waals surface area contributed by atoms with Crippen LogP contribution in [0.3, 0.4) is 0 Å². The molecular formula is C30H34N6O4. The number of carbonyl (C=O) groups is 1. The highest BCUT2D eigenvalue weighted by atomic mass is 16.5. The fourth-order valence-corrected chi connectivity index (χ4v) is 4.16. The van der Waals surface area contributed by atoms with Gasteiger partial charge in [-0.25, -0.2) is 9.78 Å². The number of pyridine rings is 1. The van der Waals surface area contributed by atoms with E-state index in [4.69, 9.17) is 14.0 Å². The minimum Gasteiger partial charge on any atom is -0.492 e. The van der Waals surface area contributed by atoms with Gasteiger partial charge in [0, 0.05) is 48.6 Å². The van der Waals surface area contributed by atoms with Gasteiger partial charge in [0.2, 0.25) is 0 Å². The van der Waals surface area contributed by atoms with E-state index < -0.39 is 6.03 Å². The summed E-state index contributed by atoms with van der Waals surface area (Å²) >= 11 is 0. The Balaban J connectivity index is 1.12. The third kappa shape index (κ3) is 7.40. The van der Waals surface area contributed by atoms with E-state index in [2.05, 4.69) is 37.5 Å². The first-order chi connectivity index (χ1) is 19.3. The number of hydrogen-bond donors (Lipinski definition) is 2. The van der Waals surface area contributed by atoms with E-state index in [9.17, 15) is 4.79 Å². The second kappa shape index (κ2) is 12.2. The van der Waals surface area contributed by atoms with Crippen LogP contribution < -0.4 is 15.4 Å². The average molecular weight is 543 g/mol. The number of urea groups is 1. The van der Waals surface area contributed by atoms with E-state index in [0.29, 0.717) is 29.6 Å². The van der Waals surface area contributed by atoms with Crippen molar-refractivity contribution >= 4 is 23.2 Å². The van der Waals surface area contributed by atoms with Crippen LogP contribution in [0.1, 0.15) is 44.2 Å². The van der Waals surface area contributed by atoms with E-state index >= 15 is 0 Å². The van der Waals surface area contributed by atoms with E-state index in [-0.39, 0.29) is 5.41 Å². The zero-order chi connectivity index (χ0) is 28.0. The summed E-state index contributed by atoms with van der Waals surface area (Å²) in [7, 11) is 0. The van der Waals surface area contributed by atoms with Crippen LogP contribution in [0, 0.1) is 11.8 Å². The number of amides is 2. The van der Waals surface area contributed by atoms with Gasteiger partial charge in [-0.05, 0) is 48.7 Å². The van der Waals surface area contributed by atoms with E-state index in [0.717, 1.165) is 56.2 Å². The summed E-state index contributed by atoms with van der Waals surface area (Å²) in [6, 6.07) is 12.4. The summed E-state index contributed by atoms with van der Waals surface area (Å²) in [5.74, 6) is 8.09. The molecule has 0 unspecified atom stereocenters. The van der Waals surface area contributed by atoms with Crippen molar-refractivity contribution in [2.45, 2.75) is 32.6 Å². The standard InChI is InChI=1S/C30H34N6O4/c1-30(2,3)26-19-27(34-40-26)33-29(37)32-23-8-5-22(6-9-23)7-10-24-20-36-21-25(11-12-28(36)31-24)39-16-4-13-35-14-17-38-18-15-35/h5-6,8-9,11-12,19-21H,4,13-18H2,1-3H3,(H2,32,33,34,37). The van der Waals surface area contributed by atoms with Crippen molar-refractivity contribution < 1.29 is 18.8 Å². The zero-order valence-electron chi connectivity index (χ0n) is 23.1. The van der Waals surface area contributed by atoms with Crippen LogP contribution in [0.4, 0.5) is 16.3 Å². The molecule has 0 spiro atoms. The molecule has 5 rings (SSSR count). The molecule has 1 saturated heterocycles. The van der Waals surface area contributed by atoms with Crippen molar-refractivity contribution in [3.05, 3.63) is 71.9 Å². The average Bonchev–Trinajstić information content (AvgIpc) is 3.58. The number of benzene rings is 1. The molecule has 1 fully saturated rings. The molecule has 2 amide bonds. The molecule has 1 aromatic carbocycles. The maximum atomic E-state index is 12.3. The molecule has 4 heterocycles. The van der Waals surface area contributed by atoms with Gasteiger partial charge in [0.25, 0.3) is 0 Å². The summed E-state index contributed by atoms with van der Waals surface area (Å²) in [4.78, 5) is 19.3. The van der Waals surface area contributed by atoms with Gasteiger partial charge in [-0.1, -0.05) is 31.8 Å². The molecule has 1 aliphatic rings. The maximum Gasteiger partial charge on any atom is 0.324 e. The number of rotatable bonds is 7. The Morgan fingerprint density at radius 3 is 2.60 bits per heavy atom. The number of carbonyl (C=O) groups excluding carboxylic acids is 1. The lowest BCUT2D eigenvalue weighted by Gasteiger charge is -2.26. The number of anilines is 2. The summed E-state index contributed by atoms with van der Waals surface area (Å²) < 4.78 is 18.6. The molecule has 0 radical (unpaired) electrons. The first-order valence-corrected chi connectivity index (χ1v) is 13.4. The minimum absolute atomic E-state index is 0.190. The molecule has 4 aromatic rings. The van der Waals surface area contributed by atoms with Crippen LogP contribution in [0.25, 0.3) is 5.65 Å². The van der Waals surface area contributed by atoms with Gasteiger partial charge in [0.05, 0.1) is 26.0 Å². The Morgan fingerprint density at radius 1 is 1.05 bits per heavy atom. The highest BCUT2D eigenvalue weighted by molar-refractivity contribution is 5.99. The highest BCUT2D eigenvalue weighted by Crippen LogP contribution is 2.24. The topological polar surface area (TPSA) is 106 Å². The Bertz CT molecular complexity index is 1500. The van der Waals surface area contributed by atoms with Gasteiger partial charge in [0.1, 0.15) is 22.9 Å². The lowest BCUT2D eigenvalue weighted by molar-refractivity contribution is 0.0358. The largest absolute Gasteiger partial charge is 0.492 e. The van der Waals surface area contributed by atoms with Crippen LogP contribution in [0.15, 0.2) is 59.4 Å². The highest BCUT2D eigenvalue weighted by Gasteiger charge is 2.20. The van der Waals surface area contributed by atoms with Crippen molar-refractivity contribution in [2.24, 2.45) is 0 Å². The molecule has 10 nitrogen and oxygen atoms in total. The first kappa shape index (κ1) is 27.2. The number of imidazole rings is 1. The molecule has 0 saturated carbocycles. The number of ether oxygens (including phenoxy) is 2. The third-order valence-electron chi connectivity index (χ3n) is 6.38. The second-order valence-electron chi connectivity index (χ2n) is 10.6. The van der Waals surface area contributed by atoms with Gasteiger partial charge in [-0.15, -0.1) is 0 Å². The van der Waals surface area contributed by atoms with Crippen LogP contribution in [0.5, 0.6) is 5.75 Å². The number of nitrogens with one attached hydrogen (secondary N) is 2. The zero-order valence-corrected chi connectivity index (χ0v) is 23.1. The molecule has 10 heteroatoms. The second-order valence-corrected chi connectivity index (χ2v) is 10.6. The predicted molar refractivity (Wildman–Crippen MR) is 153 cm³/mol. The Morgan fingerprint density at radius 2 is 1.85 bits per heavy atom. The number of morpholine rings is 1. The SMILES string of the molecule is CC(C)(C)c1cc(NC(=O)Nc2ccc(C#Cc3cn4cc(OCCCN5CCOCC5)ccc4n3)cc2)no1. The van der Waals surface area contributed by atoms with Crippen molar-refractivity contribution in [3.63, 3.8) is 0 Å². The summed E-state index contributed by atoms with van der Waals surface area (Å²) in [5, 5.41) is 9.36. The number of hydrogen-bond acceptors (Lipinski definition) is 7. The minimum atomic E-state index is -0.405. The van der Waals surface area contributed by atoms with Crippen molar-refractivity contribution in [1.29, 1.82) is 0 Å². The number of aromatic nitrogens is 3. The fraction of sp³-hybridized carbons (Fsp3) is 0.367. The molecule has 0 aliphatic carbocycles. The maximum absolute atomic E-state index is 12.3. The summed E-state index contributed by atoms with van der Waals surface area (Å²) in [6.45, 7) is 11.3. The van der Waals surface area contributed by atoms with E-state index in [1.807, 2.05) is 61.8 Å². The molecule has 0 bridgehead atoms. The third-order valence-corrected chi connectivity index (χ3v) is 6.38. The number of nitrogens with zero attached hydrogens (tertiary/aromatic N) is 4. The van der Waals surface area contributed by atoms with Gasteiger partial charge >= 0.3 is 6.03 Å². The smallest absolute Gasteiger partial charge is 0.324 e. The molecule has 0 atom stereocenters. The quantitative estimate of drug-likeness (QED) is 0.256. The lowest BCUT2D eigenvalue weighted by Crippen LogP contribution is -2.37. The van der Waals surface area contributed by atoms with Crippen molar-refractivity contribution in [1.82, 2.24) is 19.4 Å². The van der Waals surface area contributed by atoms with Gasteiger partial charge in [-0.3, -0.25) is 10.2 Å². The van der Waals surface area contributed by atoms with Crippen LogP contribution in [-0.4, -0.2) is 64.9 Å². The monoisotopic (exact) mass is 542 g/mol. The van der Waals surface area contributed by atoms with Gasteiger partial charge in [0.15, 0.2) is 5.82 Å². The molecule has 2 N–H and O–H groups in total. The van der Waals surface area contributed by atoms with Gasteiger partial charge in [-0.2, -0.15) is 0 Å². The Kier molecular flexibility index (Phi) is 8.34. The van der Waals surface area contributed by atoms with Crippen LogP contribution in [0.2, 0.25) is 0 Å². The van der Waals surface area contributed by atoms with E-state index in [1.54, 1.807) is 18.2 Å². The Hall–Kier alpha value is -4.33. The predicted octanol–water partition coefficient (Wildman–Crippen LogP) is 4.76. The first-order valence-electron chi connectivity index (χ1n) is 13.4. The summed E-state index contributed by atoms with van der Waals surface area (Å²) in [6.07, 6.45) is 4.78. The lowest BCUT2D eigenvalue weighted by atomic mass is 9.93. The number of fused-ring (bicyclic) bond motifs is 1.